The summed E-state index contributed by atoms with van der Waals surface area (Å²) in [5.74, 6) is 0.122. The molecule has 0 aliphatic rings. The van der Waals surface area contributed by atoms with Crippen molar-refractivity contribution in [2.24, 2.45) is 11.4 Å². The third kappa shape index (κ3) is 3.36. The van der Waals surface area contributed by atoms with Crippen molar-refractivity contribution in [1.82, 2.24) is 4.57 Å². The lowest BCUT2D eigenvalue weighted by Crippen LogP contribution is -2.14. The van der Waals surface area contributed by atoms with Gasteiger partial charge >= 0.3 is 0 Å². The first kappa shape index (κ1) is 18.2. The van der Waals surface area contributed by atoms with Gasteiger partial charge in [-0.25, -0.2) is 0 Å². The van der Waals surface area contributed by atoms with Gasteiger partial charge in [0.15, 0.2) is 0 Å². The number of benzene rings is 1. The summed E-state index contributed by atoms with van der Waals surface area (Å²) in [7, 11) is -2.54. The molecule has 0 saturated carbocycles. The molecule has 0 radical (unpaired) electrons. The Hall–Kier alpha value is -2.13. The van der Waals surface area contributed by atoms with Gasteiger partial charge < -0.3 is 4.57 Å². The van der Waals surface area contributed by atoms with E-state index in [4.69, 9.17) is 22.1 Å². The van der Waals surface area contributed by atoms with Crippen LogP contribution in [-0.2, 0) is 17.1 Å². The predicted molar refractivity (Wildman–Crippen MR) is 91.0 cm³/mol. The van der Waals surface area contributed by atoms with Crippen molar-refractivity contribution in [3.8, 4) is 12.1 Å². The second-order valence-corrected chi connectivity index (χ2v) is 8.19. The number of halogens is 1. The molecule has 0 N–H and O–H groups in total. The molecule has 6 nitrogen and oxygen atoms in total. The molecule has 0 saturated heterocycles. The van der Waals surface area contributed by atoms with Gasteiger partial charge in [-0.05, 0) is 24.1 Å². The smallest absolute Gasteiger partial charge is 0.286 e. The van der Waals surface area contributed by atoms with E-state index in [9.17, 15) is 8.42 Å². The minimum atomic E-state index is -4.16. The van der Waals surface area contributed by atoms with Gasteiger partial charge in [-0.1, -0.05) is 36.8 Å². The SMILES string of the molecule is CC(C)c1s/c(=N\S(=O)(=O)c2cc(C#N)ccc2C#N)n(C)c1Cl. The monoisotopic (exact) mass is 380 g/mol. The number of rotatable bonds is 3. The summed E-state index contributed by atoms with van der Waals surface area (Å²) in [4.78, 5) is 0.731. The molecule has 0 unspecified atom stereocenters. The van der Waals surface area contributed by atoms with E-state index in [1.54, 1.807) is 7.05 Å². The molecule has 2 rings (SSSR count). The maximum Gasteiger partial charge on any atom is 0.286 e. The molecule has 2 aromatic rings. The van der Waals surface area contributed by atoms with Gasteiger partial charge in [0.25, 0.3) is 10.0 Å². The first-order valence-electron chi connectivity index (χ1n) is 6.81. The highest BCUT2D eigenvalue weighted by atomic mass is 35.5. The molecule has 9 heteroatoms. The molecule has 1 aromatic heterocycles. The van der Waals surface area contributed by atoms with E-state index in [0.29, 0.717) is 5.15 Å². The van der Waals surface area contributed by atoms with Crippen LogP contribution in [0.4, 0.5) is 0 Å². The number of nitriles is 2. The Balaban J connectivity index is 2.73. The molecule has 24 heavy (non-hydrogen) atoms. The zero-order chi connectivity index (χ0) is 18.1. The quantitative estimate of drug-likeness (QED) is 0.817. The average Bonchev–Trinajstić information content (AvgIpc) is 2.82. The summed E-state index contributed by atoms with van der Waals surface area (Å²) in [6.07, 6.45) is 0. The van der Waals surface area contributed by atoms with Gasteiger partial charge in [0, 0.05) is 11.9 Å². The van der Waals surface area contributed by atoms with Crippen LogP contribution in [0.1, 0.15) is 35.8 Å². The van der Waals surface area contributed by atoms with Crippen LogP contribution in [0.2, 0.25) is 5.15 Å². The molecule has 0 spiro atoms. The minimum Gasteiger partial charge on any atom is -0.310 e. The van der Waals surface area contributed by atoms with Gasteiger partial charge in [0.1, 0.15) is 16.1 Å². The molecule has 0 fully saturated rings. The Labute approximate surface area is 148 Å². The number of hydrogen-bond acceptors (Lipinski definition) is 5. The first-order valence-corrected chi connectivity index (χ1v) is 9.45. The van der Waals surface area contributed by atoms with Crippen LogP contribution in [-0.4, -0.2) is 13.0 Å². The van der Waals surface area contributed by atoms with Gasteiger partial charge in [-0.3, -0.25) is 0 Å². The predicted octanol–water partition coefficient (Wildman–Crippen LogP) is 2.90. The zero-order valence-electron chi connectivity index (χ0n) is 13.1. The van der Waals surface area contributed by atoms with E-state index in [-0.39, 0.29) is 26.7 Å². The standard InChI is InChI=1S/C15H13ClN4O2S2/c1-9(2)13-14(16)20(3)15(23-13)19-24(21,22)12-6-10(7-17)4-5-11(12)8-18/h4-6,9H,1-3H3/b19-15-. The van der Waals surface area contributed by atoms with Crippen LogP contribution >= 0.6 is 22.9 Å². The number of thiazole rings is 1. The van der Waals surface area contributed by atoms with Crippen LogP contribution in [0.25, 0.3) is 0 Å². The molecule has 0 atom stereocenters. The van der Waals surface area contributed by atoms with Crippen molar-refractivity contribution >= 4 is 33.0 Å². The molecule has 0 amide bonds. The lowest BCUT2D eigenvalue weighted by Gasteiger charge is -2.02. The Morgan fingerprint density at radius 1 is 1.29 bits per heavy atom. The highest BCUT2D eigenvalue weighted by Gasteiger charge is 2.20. The normalized spacial score (nSPS) is 12.2. The van der Waals surface area contributed by atoms with Crippen LogP contribution in [0.3, 0.4) is 0 Å². The minimum absolute atomic E-state index is 0.0628. The first-order chi connectivity index (χ1) is 11.2. The van der Waals surface area contributed by atoms with Crippen molar-refractivity contribution in [3.63, 3.8) is 0 Å². The fourth-order valence-electron chi connectivity index (χ4n) is 1.94. The summed E-state index contributed by atoms with van der Waals surface area (Å²) < 4.78 is 30.5. The van der Waals surface area contributed by atoms with Crippen molar-refractivity contribution in [1.29, 1.82) is 10.5 Å². The van der Waals surface area contributed by atoms with Crippen LogP contribution < -0.4 is 4.80 Å². The summed E-state index contributed by atoms with van der Waals surface area (Å²) >= 11 is 7.39. The van der Waals surface area contributed by atoms with Gasteiger partial charge in [0.05, 0.1) is 17.2 Å². The summed E-state index contributed by atoms with van der Waals surface area (Å²) in [6.45, 7) is 3.89. The fraction of sp³-hybridized carbons (Fsp3) is 0.267. The maximum absolute atomic E-state index is 12.6. The second-order valence-electron chi connectivity index (χ2n) is 5.25. The number of aromatic nitrogens is 1. The molecular weight excluding hydrogens is 368 g/mol. The van der Waals surface area contributed by atoms with Gasteiger partial charge in [0.2, 0.25) is 4.80 Å². The third-order valence-corrected chi connectivity index (χ3v) is 6.64. The Bertz CT molecular complexity index is 1050. The van der Waals surface area contributed by atoms with Gasteiger partial charge in [-0.15, -0.1) is 4.40 Å². The molecule has 0 aliphatic heterocycles. The summed E-state index contributed by atoms with van der Waals surface area (Å²) in [5, 5.41) is 18.5. The highest BCUT2D eigenvalue weighted by molar-refractivity contribution is 7.90. The molecule has 0 aliphatic carbocycles. The molecule has 124 valence electrons. The van der Waals surface area contributed by atoms with E-state index in [1.165, 1.54) is 28.0 Å². The van der Waals surface area contributed by atoms with E-state index in [1.807, 2.05) is 26.0 Å². The van der Waals surface area contributed by atoms with Crippen LogP contribution in [0.15, 0.2) is 27.5 Å². The average molecular weight is 381 g/mol. The molecule has 0 bridgehead atoms. The summed E-state index contributed by atoms with van der Waals surface area (Å²) in [6, 6.07) is 7.49. The Kier molecular flexibility index (Phi) is 5.14. The molecular formula is C15H13ClN4O2S2. The lowest BCUT2D eigenvalue weighted by atomic mass is 10.2. The maximum atomic E-state index is 12.6. The largest absolute Gasteiger partial charge is 0.310 e. The van der Waals surface area contributed by atoms with Crippen molar-refractivity contribution in [2.75, 3.05) is 0 Å². The van der Waals surface area contributed by atoms with Crippen molar-refractivity contribution in [3.05, 3.63) is 44.2 Å². The topological polar surface area (TPSA) is 99.0 Å². The molecule has 1 heterocycles. The van der Waals surface area contributed by atoms with Gasteiger partial charge in [-0.2, -0.15) is 18.9 Å². The van der Waals surface area contributed by atoms with E-state index in [2.05, 4.69) is 4.40 Å². The number of sulfonamides is 1. The number of nitrogens with zero attached hydrogens (tertiary/aromatic N) is 4. The highest BCUT2D eigenvalue weighted by Crippen LogP contribution is 2.27. The van der Waals surface area contributed by atoms with Crippen LogP contribution in [0, 0.1) is 22.7 Å². The molecule has 1 aromatic carbocycles. The van der Waals surface area contributed by atoms with E-state index >= 15 is 0 Å². The zero-order valence-corrected chi connectivity index (χ0v) is 15.5. The fourth-order valence-corrected chi connectivity index (χ4v) is 4.83. The summed E-state index contributed by atoms with van der Waals surface area (Å²) in [5.41, 5.74) is 0.0753. The van der Waals surface area contributed by atoms with Crippen LogP contribution in [0.5, 0.6) is 0 Å². The van der Waals surface area contributed by atoms with Crippen molar-refractivity contribution in [2.45, 2.75) is 24.7 Å². The lowest BCUT2D eigenvalue weighted by molar-refractivity contribution is 0.595. The number of hydrogen-bond donors (Lipinski definition) is 0. The van der Waals surface area contributed by atoms with Crippen molar-refractivity contribution < 1.29 is 8.42 Å². The van der Waals surface area contributed by atoms with E-state index in [0.717, 1.165) is 10.9 Å². The Morgan fingerprint density at radius 2 is 1.96 bits per heavy atom. The second kappa shape index (κ2) is 6.78. The van der Waals surface area contributed by atoms with E-state index < -0.39 is 10.0 Å². The third-order valence-electron chi connectivity index (χ3n) is 3.22. The Morgan fingerprint density at radius 3 is 2.46 bits per heavy atom.